The van der Waals surface area contributed by atoms with Crippen molar-refractivity contribution in [2.24, 2.45) is 17.6 Å². The summed E-state index contributed by atoms with van der Waals surface area (Å²) in [4.78, 5) is 24.8. The summed E-state index contributed by atoms with van der Waals surface area (Å²) in [5.41, 5.74) is 5.68. The second-order valence-corrected chi connectivity index (χ2v) is 6.19. The van der Waals surface area contributed by atoms with E-state index in [1.54, 1.807) is 0 Å². The third-order valence-electron chi connectivity index (χ3n) is 4.16. The fourth-order valence-electron chi connectivity index (χ4n) is 2.88. The van der Waals surface area contributed by atoms with Crippen molar-refractivity contribution in [2.45, 2.75) is 58.4 Å². The Bertz CT molecular complexity index is 331. The van der Waals surface area contributed by atoms with Crippen molar-refractivity contribution >= 4 is 11.9 Å². The lowest BCUT2D eigenvalue weighted by atomic mass is 9.84. The third kappa shape index (κ3) is 5.90. The second kappa shape index (κ2) is 8.25. The minimum Gasteiger partial charge on any atom is -0.481 e. The van der Waals surface area contributed by atoms with Crippen LogP contribution in [0.4, 0.5) is 0 Å². The fourth-order valence-corrected chi connectivity index (χ4v) is 2.88. The zero-order valence-electron chi connectivity index (χ0n) is 12.7. The first-order chi connectivity index (χ1) is 9.40. The van der Waals surface area contributed by atoms with E-state index in [2.05, 4.69) is 0 Å². The van der Waals surface area contributed by atoms with Gasteiger partial charge < -0.3 is 15.7 Å². The largest absolute Gasteiger partial charge is 0.481 e. The summed E-state index contributed by atoms with van der Waals surface area (Å²) in [7, 11) is 0. The first kappa shape index (κ1) is 17.0. The van der Waals surface area contributed by atoms with E-state index in [1.807, 2.05) is 18.7 Å². The molecule has 0 aromatic carbocycles. The Morgan fingerprint density at radius 2 is 2.10 bits per heavy atom. The van der Waals surface area contributed by atoms with Gasteiger partial charge in [0.25, 0.3) is 0 Å². The normalized spacial score (nSPS) is 22.4. The van der Waals surface area contributed by atoms with Gasteiger partial charge >= 0.3 is 5.97 Å². The number of likely N-dealkylation sites (tertiary alicyclic amines) is 1. The van der Waals surface area contributed by atoms with Gasteiger partial charge in [0.1, 0.15) is 0 Å². The van der Waals surface area contributed by atoms with Crippen LogP contribution >= 0.6 is 0 Å². The summed E-state index contributed by atoms with van der Waals surface area (Å²) in [6, 6.07) is 0.146. The van der Waals surface area contributed by atoms with Crippen LogP contribution in [-0.2, 0) is 9.59 Å². The van der Waals surface area contributed by atoms with Crippen molar-refractivity contribution in [2.75, 3.05) is 13.1 Å². The topological polar surface area (TPSA) is 83.6 Å². The number of rotatable bonds is 7. The van der Waals surface area contributed by atoms with E-state index in [4.69, 9.17) is 10.8 Å². The van der Waals surface area contributed by atoms with E-state index in [1.165, 1.54) is 0 Å². The van der Waals surface area contributed by atoms with Gasteiger partial charge in [-0.05, 0) is 44.4 Å². The van der Waals surface area contributed by atoms with Crippen molar-refractivity contribution in [3.05, 3.63) is 0 Å². The summed E-state index contributed by atoms with van der Waals surface area (Å²) in [6.45, 7) is 5.45. The van der Waals surface area contributed by atoms with Gasteiger partial charge in [-0.25, -0.2) is 0 Å². The van der Waals surface area contributed by atoms with Crippen LogP contribution in [0.3, 0.4) is 0 Å². The molecule has 0 aromatic heterocycles. The highest BCUT2D eigenvalue weighted by atomic mass is 16.4. The molecular formula is C15H28N2O3. The minimum absolute atomic E-state index is 0.132. The number of carboxylic acids is 1. The molecule has 5 nitrogen and oxygen atoms in total. The van der Waals surface area contributed by atoms with Crippen molar-refractivity contribution < 1.29 is 14.7 Å². The molecule has 0 bridgehead atoms. The predicted molar refractivity (Wildman–Crippen MR) is 78.2 cm³/mol. The Balaban J connectivity index is 2.39. The molecule has 3 atom stereocenters. The Morgan fingerprint density at radius 3 is 2.70 bits per heavy atom. The van der Waals surface area contributed by atoms with E-state index in [0.717, 1.165) is 32.2 Å². The minimum atomic E-state index is -0.752. The lowest BCUT2D eigenvalue weighted by molar-refractivity contribution is -0.138. The van der Waals surface area contributed by atoms with Gasteiger partial charge in [-0.2, -0.15) is 0 Å². The average molecular weight is 284 g/mol. The summed E-state index contributed by atoms with van der Waals surface area (Å²) in [5.74, 6) is -0.111. The number of carboxylic acid groups (broad SMARTS) is 1. The molecule has 1 rings (SSSR count). The Hall–Kier alpha value is -1.10. The Labute approximate surface area is 121 Å². The van der Waals surface area contributed by atoms with Crippen LogP contribution in [0.2, 0.25) is 0 Å². The maximum Gasteiger partial charge on any atom is 0.303 e. The zero-order chi connectivity index (χ0) is 15.1. The maximum absolute atomic E-state index is 12.1. The molecule has 1 saturated heterocycles. The molecular weight excluding hydrogens is 256 g/mol. The number of amides is 1. The number of carbonyl (C=O) groups is 2. The van der Waals surface area contributed by atoms with Crippen molar-refractivity contribution in [1.29, 1.82) is 0 Å². The molecule has 1 heterocycles. The third-order valence-corrected chi connectivity index (χ3v) is 4.16. The first-order valence-corrected chi connectivity index (χ1v) is 7.65. The standard InChI is InChI=1S/C15H28N2O3/c1-11(9-15(19)20)13-6-4-8-17(10-13)14(18)7-3-5-12(2)16/h11-13H,3-10,16H2,1-2H3,(H,19,20). The Kier molecular flexibility index (Phi) is 6.99. The maximum atomic E-state index is 12.1. The quantitative estimate of drug-likeness (QED) is 0.747. The number of nitrogens with zero attached hydrogens (tertiary/aromatic N) is 1. The van der Waals surface area contributed by atoms with Gasteiger partial charge in [-0.3, -0.25) is 9.59 Å². The molecule has 0 radical (unpaired) electrons. The number of hydrogen-bond acceptors (Lipinski definition) is 3. The van der Waals surface area contributed by atoms with Gasteiger partial charge in [-0.15, -0.1) is 0 Å². The van der Waals surface area contributed by atoms with Crippen molar-refractivity contribution in [3.63, 3.8) is 0 Å². The molecule has 0 aromatic rings. The molecule has 5 heteroatoms. The van der Waals surface area contributed by atoms with E-state index in [-0.39, 0.29) is 24.3 Å². The molecule has 3 N–H and O–H groups in total. The van der Waals surface area contributed by atoms with E-state index < -0.39 is 5.97 Å². The van der Waals surface area contributed by atoms with Gasteiger partial charge in [0, 0.05) is 32.0 Å². The highest BCUT2D eigenvalue weighted by Crippen LogP contribution is 2.26. The van der Waals surface area contributed by atoms with E-state index in [0.29, 0.717) is 18.9 Å². The highest BCUT2D eigenvalue weighted by Gasteiger charge is 2.28. The van der Waals surface area contributed by atoms with Crippen molar-refractivity contribution in [3.8, 4) is 0 Å². The number of piperidine rings is 1. The highest BCUT2D eigenvalue weighted by molar-refractivity contribution is 5.76. The fraction of sp³-hybridized carbons (Fsp3) is 0.867. The van der Waals surface area contributed by atoms with E-state index in [9.17, 15) is 9.59 Å². The lowest BCUT2D eigenvalue weighted by Gasteiger charge is -2.35. The predicted octanol–water partition coefficient (Wildman–Crippen LogP) is 1.85. The van der Waals surface area contributed by atoms with Crippen LogP contribution in [0.5, 0.6) is 0 Å². The number of carbonyl (C=O) groups excluding carboxylic acids is 1. The molecule has 1 fully saturated rings. The molecule has 3 unspecified atom stereocenters. The van der Waals surface area contributed by atoms with Gasteiger partial charge in [0.05, 0.1) is 0 Å². The summed E-state index contributed by atoms with van der Waals surface area (Å²) < 4.78 is 0. The summed E-state index contributed by atoms with van der Waals surface area (Å²) in [5, 5.41) is 8.87. The van der Waals surface area contributed by atoms with Crippen LogP contribution in [0.15, 0.2) is 0 Å². The Morgan fingerprint density at radius 1 is 1.40 bits per heavy atom. The van der Waals surface area contributed by atoms with Gasteiger partial charge in [-0.1, -0.05) is 6.92 Å². The molecule has 116 valence electrons. The lowest BCUT2D eigenvalue weighted by Crippen LogP contribution is -2.42. The van der Waals surface area contributed by atoms with Crippen LogP contribution in [0.25, 0.3) is 0 Å². The van der Waals surface area contributed by atoms with Crippen LogP contribution in [0.1, 0.15) is 52.4 Å². The summed E-state index contributed by atoms with van der Waals surface area (Å²) in [6.07, 6.45) is 4.46. The average Bonchev–Trinajstić information content (AvgIpc) is 2.37. The molecule has 0 saturated carbocycles. The number of nitrogens with two attached hydrogens (primary N) is 1. The van der Waals surface area contributed by atoms with Crippen molar-refractivity contribution in [1.82, 2.24) is 4.90 Å². The van der Waals surface area contributed by atoms with Crippen LogP contribution < -0.4 is 5.73 Å². The van der Waals surface area contributed by atoms with Gasteiger partial charge in [0.2, 0.25) is 5.91 Å². The van der Waals surface area contributed by atoms with Crippen LogP contribution in [0, 0.1) is 11.8 Å². The summed E-state index contributed by atoms with van der Waals surface area (Å²) >= 11 is 0. The number of hydrogen-bond donors (Lipinski definition) is 2. The monoisotopic (exact) mass is 284 g/mol. The molecule has 20 heavy (non-hydrogen) atoms. The smallest absolute Gasteiger partial charge is 0.303 e. The van der Waals surface area contributed by atoms with Crippen LogP contribution in [-0.4, -0.2) is 41.0 Å². The zero-order valence-corrected chi connectivity index (χ0v) is 12.7. The van der Waals surface area contributed by atoms with E-state index >= 15 is 0 Å². The number of aliphatic carboxylic acids is 1. The molecule has 1 aliphatic rings. The SMILES string of the molecule is CC(N)CCCC(=O)N1CCCC(C(C)CC(=O)O)C1. The second-order valence-electron chi connectivity index (χ2n) is 6.19. The molecule has 0 spiro atoms. The van der Waals surface area contributed by atoms with Gasteiger partial charge in [0.15, 0.2) is 0 Å². The molecule has 1 amide bonds. The molecule has 0 aliphatic carbocycles. The first-order valence-electron chi connectivity index (χ1n) is 7.65. The molecule has 1 aliphatic heterocycles.